The van der Waals surface area contributed by atoms with Crippen molar-refractivity contribution in [3.05, 3.63) is 12.2 Å². The van der Waals surface area contributed by atoms with Gasteiger partial charge in [-0.3, -0.25) is 4.79 Å². The van der Waals surface area contributed by atoms with E-state index in [1.165, 1.54) is 13.3 Å². The van der Waals surface area contributed by atoms with E-state index in [1.54, 1.807) is 31.0 Å². The Morgan fingerprint density at radius 2 is 1.89 bits per heavy atom. The summed E-state index contributed by atoms with van der Waals surface area (Å²) in [5, 5.41) is -0.948. The zero-order chi connectivity index (χ0) is 14.5. The molecule has 0 aromatic rings. The molecule has 5 heteroatoms. The molecule has 0 spiro atoms. The number of amides is 1. The number of hydrogen-bond donors (Lipinski definition) is 0. The molecule has 1 aliphatic rings. The molecule has 1 saturated carbocycles. The van der Waals surface area contributed by atoms with Gasteiger partial charge in [-0.1, -0.05) is 31.4 Å². The standard InChI is InChI=1S/C14H25NO3S/c1-4-5-11-19(17,18)12(2)14(16)15(3)13-9-7-6-8-10-13/h4-5,12-13H,6-11H2,1-3H3/b5-4+. The lowest BCUT2D eigenvalue weighted by molar-refractivity contribution is -0.131. The van der Waals surface area contributed by atoms with Crippen molar-refractivity contribution >= 4 is 15.7 Å². The van der Waals surface area contributed by atoms with Gasteiger partial charge in [0.25, 0.3) is 0 Å². The van der Waals surface area contributed by atoms with Crippen LogP contribution in [-0.4, -0.2) is 43.3 Å². The van der Waals surface area contributed by atoms with E-state index in [4.69, 9.17) is 0 Å². The van der Waals surface area contributed by atoms with Gasteiger partial charge in [-0.25, -0.2) is 8.42 Å². The van der Waals surface area contributed by atoms with E-state index >= 15 is 0 Å². The molecule has 0 radical (unpaired) electrons. The molecule has 1 aliphatic carbocycles. The molecule has 0 saturated heterocycles. The molecule has 0 aromatic heterocycles. The average molecular weight is 287 g/mol. The molecule has 1 rings (SSSR count). The fourth-order valence-corrected chi connectivity index (χ4v) is 3.69. The summed E-state index contributed by atoms with van der Waals surface area (Å²) in [5.41, 5.74) is 0. The molecular weight excluding hydrogens is 262 g/mol. The van der Waals surface area contributed by atoms with Gasteiger partial charge in [0.15, 0.2) is 9.84 Å². The highest BCUT2D eigenvalue weighted by molar-refractivity contribution is 7.92. The van der Waals surface area contributed by atoms with Crippen molar-refractivity contribution in [3.63, 3.8) is 0 Å². The molecule has 1 amide bonds. The van der Waals surface area contributed by atoms with Gasteiger partial charge in [0, 0.05) is 13.1 Å². The van der Waals surface area contributed by atoms with Gasteiger partial charge in [-0.15, -0.1) is 0 Å². The van der Waals surface area contributed by atoms with E-state index < -0.39 is 15.1 Å². The first-order valence-electron chi connectivity index (χ1n) is 6.99. The zero-order valence-corrected chi connectivity index (χ0v) is 12.9. The maximum absolute atomic E-state index is 12.3. The summed E-state index contributed by atoms with van der Waals surface area (Å²) < 4.78 is 24.0. The monoisotopic (exact) mass is 287 g/mol. The third-order valence-electron chi connectivity index (χ3n) is 3.92. The summed E-state index contributed by atoms with van der Waals surface area (Å²) in [6, 6.07) is 0.209. The largest absolute Gasteiger partial charge is 0.342 e. The number of carbonyl (C=O) groups excluding carboxylic acids is 1. The van der Waals surface area contributed by atoms with Gasteiger partial charge in [-0.05, 0) is 26.7 Å². The Balaban J connectivity index is 2.69. The molecule has 1 atom stereocenters. The molecule has 0 aromatic carbocycles. The highest BCUT2D eigenvalue weighted by atomic mass is 32.2. The first-order chi connectivity index (χ1) is 8.90. The van der Waals surface area contributed by atoms with Crippen molar-refractivity contribution in [3.8, 4) is 0 Å². The number of hydrogen-bond acceptors (Lipinski definition) is 3. The van der Waals surface area contributed by atoms with Crippen molar-refractivity contribution in [2.24, 2.45) is 0 Å². The Morgan fingerprint density at radius 3 is 2.42 bits per heavy atom. The fourth-order valence-electron chi connectivity index (χ4n) is 2.46. The molecule has 0 aliphatic heterocycles. The van der Waals surface area contributed by atoms with Crippen LogP contribution >= 0.6 is 0 Å². The molecule has 1 unspecified atom stereocenters. The molecule has 4 nitrogen and oxygen atoms in total. The average Bonchev–Trinajstić information content (AvgIpc) is 2.43. The lowest BCUT2D eigenvalue weighted by atomic mass is 9.94. The van der Waals surface area contributed by atoms with Crippen LogP contribution in [0.4, 0.5) is 0 Å². The van der Waals surface area contributed by atoms with Crippen molar-refractivity contribution in [1.29, 1.82) is 0 Å². The zero-order valence-electron chi connectivity index (χ0n) is 12.1. The molecule has 0 heterocycles. The van der Waals surface area contributed by atoms with Gasteiger partial charge >= 0.3 is 0 Å². The topological polar surface area (TPSA) is 54.5 Å². The summed E-state index contributed by atoms with van der Waals surface area (Å²) in [4.78, 5) is 13.9. The molecule has 0 N–H and O–H groups in total. The van der Waals surface area contributed by atoms with Crippen molar-refractivity contribution in [2.75, 3.05) is 12.8 Å². The Bertz CT molecular complexity index is 422. The van der Waals surface area contributed by atoms with Crippen LogP contribution in [-0.2, 0) is 14.6 Å². The summed E-state index contributed by atoms with van der Waals surface area (Å²) in [6.45, 7) is 3.27. The molecule has 110 valence electrons. The summed E-state index contributed by atoms with van der Waals surface area (Å²) in [5.74, 6) is -0.328. The third kappa shape index (κ3) is 4.34. The fraction of sp³-hybridized carbons (Fsp3) is 0.786. The van der Waals surface area contributed by atoms with Gasteiger partial charge in [0.1, 0.15) is 5.25 Å². The molecular formula is C14H25NO3S. The van der Waals surface area contributed by atoms with Crippen molar-refractivity contribution in [1.82, 2.24) is 4.90 Å². The second-order valence-corrected chi connectivity index (χ2v) is 7.65. The van der Waals surface area contributed by atoms with Crippen LogP contribution in [0.5, 0.6) is 0 Å². The molecule has 1 fully saturated rings. The lowest BCUT2D eigenvalue weighted by Gasteiger charge is -2.32. The van der Waals surface area contributed by atoms with E-state index in [0.29, 0.717) is 0 Å². The van der Waals surface area contributed by atoms with Crippen LogP contribution in [0.1, 0.15) is 46.0 Å². The quantitative estimate of drug-likeness (QED) is 0.728. The minimum atomic E-state index is -3.38. The number of rotatable bonds is 5. The first kappa shape index (κ1) is 16.2. The predicted octanol–water partition coefficient (Wildman–Crippen LogP) is 2.16. The normalized spacial score (nSPS) is 19.5. The minimum Gasteiger partial charge on any atom is -0.342 e. The Morgan fingerprint density at radius 1 is 1.32 bits per heavy atom. The van der Waals surface area contributed by atoms with Gasteiger partial charge < -0.3 is 4.90 Å². The van der Waals surface area contributed by atoms with Crippen LogP contribution in [0.25, 0.3) is 0 Å². The number of sulfone groups is 1. The van der Waals surface area contributed by atoms with Crippen LogP contribution in [0.2, 0.25) is 0 Å². The molecule has 19 heavy (non-hydrogen) atoms. The van der Waals surface area contributed by atoms with Gasteiger partial charge in [-0.2, -0.15) is 0 Å². The SMILES string of the molecule is C/C=C/CS(=O)(=O)C(C)C(=O)N(C)C1CCCCC1. The van der Waals surface area contributed by atoms with Crippen LogP contribution in [0.15, 0.2) is 12.2 Å². The maximum Gasteiger partial charge on any atom is 0.240 e. The predicted molar refractivity (Wildman–Crippen MR) is 77.7 cm³/mol. The minimum absolute atomic E-state index is 0.0606. The number of nitrogens with zero attached hydrogens (tertiary/aromatic N) is 1. The van der Waals surface area contributed by atoms with E-state index in [9.17, 15) is 13.2 Å². The molecule has 0 bridgehead atoms. The third-order valence-corrected chi connectivity index (χ3v) is 5.86. The number of allylic oxidation sites excluding steroid dienone is 1. The Hall–Kier alpha value is -0.840. The van der Waals surface area contributed by atoms with Crippen molar-refractivity contribution in [2.45, 2.75) is 57.2 Å². The van der Waals surface area contributed by atoms with Crippen LogP contribution < -0.4 is 0 Å². The lowest BCUT2D eigenvalue weighted by Crippen LogP contribution is -2.45. The highest BCUT2D eigenvalue weighted by Gasteiger charge is 2.32. The van der Waals surface area contributed by atoms with Gasteiger partial charge in [0.2, 0.25) is 5.91 Å². The van der Waals surface area contributed by atoms with E-state index in [-0.39, 0.29) is 17.7 Å². The Labute approximate surface area is 116 Å². The summed E-state index contributed by atoms with van der Waals surface area (Å²) >= 11 is 0. The smallest absolute Gasteiger partial charge is 0.240 e. The maximum atomic E-state index is 12.3. The van der Waals surface area contributed by atoms with E-state index in [1.807, 2.05) is 0 Å². The number of carbonyl (C=O) groups is 1. The van der Waals surface area contributed by atoms with Gasteiger partial charge in [0.05, 0.1) is 5.75 Å². The van der Waals surface area contributed by atoms with Crippen LogP contribution in [0.3, 0.4) is 0 Å². The second kappa shape index (κ2) is 7.08. The van der Waals surface area contributed by atoms with Crippen molar-refractivity contribution < 1.29 is 13.2 Å². The van der Waals surface area contributed by atoms with Crippen LogP contribution in [0, 0.1) is 0 Å². The second-order valence-electron chi connectivity index (χ2n) is 5.28. The van der Waals surface area contributed by atoms with E-state index in [2.05, 4.69) is 0 Å². The summed E-state index contributed by atoms with van der Waals surface area (Å²) in [7, 11) is -1.65. The van der Waals surface area contributed by atoms with E-state index in [0.717, 1.165) is 25.7 Å². The summed E-state index contributed by atoms with van der Waals surface area (Å²) in [6.07, 6.45) is 8.73. The highest BCUT2D eigenvalue weighted by Crippen LogP contribution is 2.22. The first-order valence-corrected chi connectivity index (χ1v) is 8.71. The Kier molecular flexibility index (Phi) is 6.04.